The Kier molecular flexibility index (Phi) is 3.77. The van der Waals surface area contributed by atoms with Crippen molar-refractivity contribution in [2.24, 2.45) is 0 Å². The summed E-state index contributed by atoms with van der Waals surface area (Å²) in [5.41, 5.74) is -0.291. The molecule has 0 radical (unpaired) electrons. The zero-order valence-corrected chi connectivity index (χ0v) is 12.1. The van der Waals surface area contributed by atoms with Gasteiger partial charge in [-0.2, -0.15) is 24.9 Å². The van der Waals surface area contributed by atoms with Crippen LogP contribution in [0.3, 0.4) is 0 Å². The maximum atomic E-state index is 12.7. The molecule has 3 rings (SSSR count). The Labute approximate surface area is 123 Å². The van der Waals surface area contributed by atoms with Crippen LogP contribution in [0.4, 0.5) is 13.2 Å². The maximum absolute atomic E-state index is 12.7. The van der Waals surface area contributed by atoms with Crippen LogP contribution in [-0.4, -0.2) is 20.6 Å². The molecular formula is C14H15F3N2OS. The first kappa shape index (κ1) is 14.6. The van der Waals surface area contributed by atoms with E-state index in [0.29, 0.717) is 17.3 Å². The molecule has 114 valence electrons. The first-order valence-corrected chi connectivity index (χ1v) is 7.91. The van der Waals surface area contributed by atoms with Gasteiger partial charge >= 0.3 is 11.9 Å². The predicted molar refractivity (Wildman–Crippen MR) is 77.7 cm³/mol. The highest BCUT2D eigenvalue weighted by atomic mass is 32.2. The smallest absolute Gasteiger partial charge is 0.306 e. The van der Waals surface area contributed by atoms with Crippen molar-refractivity contribution < 1.29 is 13.2 Å². The van der Waals surface area contributed by atoms with Crippen LogP contribution in [0, 0.1) is 0 Å². The molecule has 3 nitrogen and oxygen atoms in total. The number of imidazole rings is 1. The van der Waals surface area contributed by atoms with Gasteiger partial charge in [0.05, 0.1) is 16.6 Å². The van der Waals surface area contributed by atoms with Gasteiger partial charge in [0.15, 0.2) is 0 Å². The second-order valence-electron chi connectivity index (χ2n) is 5.26. The average Bonchev–Trinajstić information content (AvgIpc) is 2.75. The molecule has 1 aromatic heterocycles. The van der Waals surface area contributed by atoms with Crippen LogP contribution in [0.25, 0.3) is 11.0 Å². The largest absolute Gasteiger partial charge is 0.416 e. The zero-order chi connectivity index (χ0) is 15.0. The van der Waals surface area contributed by atoms with E-state index in [1.165, 1.54) is 12.5 Å². The Balaban J connectivity index is 1.95. The summed E-state index contributed by atoms with van der Waals surface area (Å²) in [6, 6.07) is 3.41. The van der Waals surface area contributed by atoms with Gasteiger partial charge in [0.1, 0.15) is 0 Å². The van der Waals surface area contributed by atoms with Gasteiger partial charge in [0.2, 0.25) is 0 Å². The Bertz CT molecular complexity index is 698. The fourth-order valence-electron chi connectivity index (χ4n) is 2.68. The second kappa shape index (κ2) is 5.44. The molecule has 1 unspecified atom stereocenters. The minimum Gasteiger partial charge on any atom is -0.306 e. The summed E-state index contributed by atoms with van der Waals surface area (Å²) in [6.07, 6.45) is -1.01. The number of fused-ring (bicyclic) bond motifs is 1. The standard InChI is InChI=1S/C14H15F3N2OS/c15-14(16,17)9-4-5-12-11(7-9)18-13(20)19(12)8-10-3-1-2-6-21-10/h4-5,7,10H,1-3,6,8H2,(H,18,20). The van der Waals surface area contributed by atoms with Crippen molar-refractivity contribution in [2.75, 3.05) is 5.75 Å². The summed E-state index contributed by atoms with van der Waals surface area (Å²) in [5.74, 6) is 1.08. The number of aromatic nitrogens is 2. The summed E-state index contributed by atoms with van der Waals surface area (Å²) >= 11 is 1.83. The van der Waals surface area contributed by atoms with E-state index in [2.05, 4.69) is 4.98 Å². The molecule has 1 fully saturated rings. The summed E-state index contributed by atoms with van der Waals surface area (Å²) in [4.78, 5) is 14.5. The fraction of sp³-hybridized carbons (Fsp3) is 0.500. The second-order valence-corrected chi connectivity index (χ2v) is 6.67. The number of aromatic amines is 1. The third kappa shape index (κ3) is 2.97. The van der Waals surface area contributed by atoms with Crippen molar-refractivity contribution in [3.63, 3.8) is 0 Å². The first-order valence-electron chi connectivity index (χ1n) is 6.86. The summed E-state index contributed by atoms with van der Waals surface area (Å²) in [6.45, 7) is 0.550. The van der Waals surface area contributed by atoms with Gasteiger partial charge in [-0.25, -0.2) is 4.79 Å². The molecule has 7 heteroatoms. The molecule has 2 heterocycles. The van der Waals surface area contributed by atoms with Crippen molar-refractivity contribution >= 4 is 22.8 Å². The van der Waals surface area contributed by atoms with Crippen molar-refractivity contribution in [1.82, 2.24) is 9.55 Å². The van der Waals surface area contributed by atoms with Gasteiger partial charge in [0.25, 0.3) is 0 Å². The number of hydrogen-bond acceptors (Lipinski definition) is 2. The first-order chi connectivity index (χ1) is 9.95. The van der Waals surface area contributed by atoms with Crippen LogP contribution >= 0.6 is 11.8 Å². The number of halogens is 3. The molecule has 1 aromatic carbocycles. The van der Waals surface area contributed by atoms with E-state index in [-0.39, 0.29) is 11.2 Å². The highest BCUT2D eigenvalue weighted by Crippen LogP contribution is 2.31. The zero-order valence-electron chi connectivity index (χ0n) is 11.2. The Morgan fingerprint density at radius 2 is 2.14 bits per heavy atom. The molecular weight excluding hydrogens is 301 g/mol. The van der Waals surface area contributed by atoms with Gasteiger partial charge in [0, 0.05) is 11.8 Å². The van der Waals surface area contributed by atoms with Crippen LogP contribution in [0.1, 0.15) is 24.8 Å². The lowest BCUT2D eigenvalue weighted by molar-refractivity contribution is -0.137. The molecule has 1 atom stereocenters. The van der Waals surface area contributed by atoms with Crippen molar-refractivity contribution in [3.05, 3.63) is 34.2 Å². The molecule has 0 saturated carbocycles. The lowest BCUT2D eigenvalue weighted by atomic mass is 10.1. The molecule has 1 aliphatic rings. The third-order valence-corrected chi connectivity index (χ3v) is 5.14. The molecule has 1 aliphatic heterocycles. The lowest BCUT2D eigenvalue weighted by Gasteiger charge is -2.21. The van der Waals surface area contributed by atoms with Crippen molar-refractivity contribution in [1.29, 1.82) is 0 Å². The van der Waals surface area contributed by atoms with E-state index < -0.39 is 11.7 Å². The monoisotopic (exact) mass is 316 g/mol. The van der Waals surface area contributed by atoms with Gasteiger partial charge in [-0.3, -0.25) is 4.57 Å². The molecule has 0 spiro atoms. The highest BCUT2D eigenvalue weighted by Gasteiger charge is 2.31. The van der Waals surface area contributed by atoms with E-state index >= 15 is 0 Å². The van der Waals surface area contributed by atoms with Crippen LogP contribution in [0.2, 0.25) is 0 Å². The van der Waals surface area contributed by atoms with E-state index in [0.717, 1.165) is 30.7 Å². The normalized spacial score (nSPS) is 20.0. The van der Waals surface area contributed by atoms with Gasteiger partial charge in [-0.15, -0.1) is 0 Å². The molecule has 2 aromatic rings. The number of rotatable bonds is 2. The Morgan fingerprint density at radius 3 is 2.81 bits per heavy atom. The molecule has 1 saturated heterocycles. The van der Waals surface area contributed by atoms with Crippen LogP contribution < -0.4 is 5.69 Å². The number of nitrogens with one attached hydrogen (secondary N) is 1. The number of thioether (sulfide) groups is 1. The minimum absolute atomic E-state index is 0.246. The number of benzene rings is 1. The van der Waals surface area contributed by atoms with Crippen LogP contribution in [0.15, 0.2) is 23.0 Å². The average molecular weight is 316 g/mol. The van der Waals surface area contributed by atoms with Crippen molar-refractivity contribution in [3.8, 4) is 0 Å². The van der Waals surface area contributed by atoms with Gasteiger partial charge < -0.3 is 4.98 Å². The van der Waals surface area contributed by atoms with E-state index in [4.69, 9.17) is 0 Å². The summed E-state index contributed by atoms with van der Waals surface area (Å²) in [7, 11) is 0. The molecule has 0 aliphatic carbocycles. The maximum Gasteiger partial charge on any atom is 0.416 e. The topological polar surface area (TPSA) is 37.8 Å². The number of alkyl halides is 3. The molecule has 1 N–H and O–H groups in total. The quantitative estimate of drug-likeness (QED) is 0.918. The van der Waals surface area contributed by atoms with Gasteiger partial charge in [-0.1, -0.05) is 6.42 Å². The van der Waals surface area contributed by atoms with Crippen LogP contribution in [0.5, 0.6) is 0 Å². The van der Waals surface area contributed by atoms with Gasteiger partial charge in [-0.05, 0) is 36.8 Å². The molecule has 0 bridgehead atoms. The van der Waals surface area contributed by atoms with E-state index in [1.54, 1.807) is 4.57 Å². The number of nitrogens with zero attached hydrogens (tertiary/aromatic N) is 1. The lowest BCUT2D eigenvalue weighted by Crippen LogP contribution is -2.24. The predicted octanol–water partition coefficient (Wildman–Crippen LogP) is 3.63. The minimum atomic E-state index is -4.40. The number of hydrogen-bond donors (Lipinski definition) is 1. The fourth-order valence-corrected chi connectivity index (χ4v) is 3.97. The van der Waals surface area contributed by atoms with Crippen LogP contribution in [-0.2, 0) is 12.7 Å². The summed E-state index contributed by atoms with van der Waals surface area (Å²) < 4.78 is 39.6. The van der Waals surface area contributed by atoms with Crippen molar-refractivity contribution in [2.45, 2.75) is 37.2 Å². The Hall–Kier alpha value is -1.37. The molecule has 0 amide bonds. The highest BCUT2D eigenvalue weighted by molar-refractivity contribution is 7.99. The SMILES string of the molecule is O=c1[nH]c2cc(C(F)(F)F)ccc2n1CC1CCCCS1. The third-order valence-electron chi connectivity index (χ3n) is 3.76. The van der Waals surface area contributed by atoms with E-state index in [1.807, 2.05) is 11.8 Å². The summed E-state index contributed by atoms with van der Waals surface area (Å²) in [5, 5.41) is 0.359. The number of H-pyrrole nitrogens is 1. The molecule has 21 heavy (non-hydrogen) atoms. The van der Waals surface area contributed by atoms with E-state index in [9.17, 15) is 18.0 Å². The Morgan fingerprint density at radius 1 is 1.33 bits per heavy atom.